The number of rotatable bonds is 27. The Hall–Kier alpha value is -5.95. The van der Waals surface area contributed by atoms with E-state index in [0.717, 1.165) is 76.3 Å². The van der Waals surface area contributed by atoms with Crippen LogP contribution in [0.2, 0.25) is 0 Å². The van der Waals surface area contributed by atoms with Gasteiger partial charge in [-0.2, -0.15) is 0 Å². The third-order valence-electron chi connectivity index (χ3n) is 12.7. The Morgan fingerprint density at radius 2 is 1.46 bits per heavy atom. The first-order chi connectivity index (χ1) is 34.1. The lowest BCUT2D eigenvalue weighted by Crippen LogP contribution is -2.47. The molecule has 1 aliphatic carbocycles. The minimum Gasteiger partial charge on any atom is -0.378 e. The maximum atomic E-state index is 13.9. The fourth-order valence-electron chi connectivity index (χ4n) is 8.57. The Labute approximate surface area is 414 Å². The van der Waals surface area contributed by atoms with E-state index in [-0.39, 0.29) is 29.8 Å². The molecule has 70 heavy (non-hydrogen) atoms. The minimum absolute atomic E-state index is 0.0687. The normalized spacial score (nSPS) is 14.7. The molecule has 17 nitrogen and oxygen atoms in total. The van der Waals surface area contributed by atoms with Crippen molar-refractivity contribution in [3.05, 3.63) is 113 Å². The van der Waals surface area contributed by atoms with Gasteiger partial charge in [0.15, 0.2) is 0 Å². The molecule has 17 heteroatoms. The van der Waals surface area contributed by atoms with Crippen molar-refractivity contribution in [3.63, 3.8) is 0 Å². The van der Waals surface area contributed by atoms with Crippen molar-refractivity contribution in [3.8, 4) is 11.3 Å². The summed E-state index contributed by atoms with van der Waals surface area (Å²) in [5.41, 5.74) is 6.38. The van der Waals surface area contributed by atoms with Crippen LogP contribution in [-0.4, -0.2) is 176 Å². The summed E-state index contributed by atoms with van der Waals surface area (Å²) in [6.07, 6.45) is 4.52. The van der Waals surface area contributed by atoms with Crippen LogP contribution in [0.15, 0.2) is 85.1 Å². The fourth-order valence-corrected chi connectivity index (χ4v) is 8.57. The SMILES string of the molecule is CCN(CC)c1ccc(NC(=O)c2cccc(C(=O)N(C)CCN(C)CCOCCOCCOCCNC(=O)NCCN3CCNCC3)c2)c(-c2cc(C(=O)NC3CCCc4ccccc43)ccn2)c1. The monoisotopic (exact) mass is 963 g/mol. The zero-order chi connectivity index (χ0) is 49.5. The smallest absolute Gasteiger partial charge is 0.314 e. The molecule has 1 fully saturated rings. The number of aromatic nitrogens is 1. The second-order valence-corrected chi connectivity index (χ2v) is 17.6. The van der Waals surface area contributed by atoms with Crippen molar-refractivity contribution in [2.75, 3.05) is 142 Å². The molecule has 4 aromatic rings. The van der Waals surface area contributed by atoms with E-state index in [1.54, 1.807) is 54.5 Å². The predicted octanol–water partition coefficient (Wildman–Crippen LogP) is 4.91. The number of benzene rings is 3. The largest absolute Gasteiger partial charge is 0.378 e. The van der Waals surface area contributed by atoms with Crippen molar-refractivity contribution >= 4 is 35.1 Å². The lowest BCUT2D eigenvalue weighted by Gasteiger charge is -2.27. The number of urea groups is 1. The van der Waals surface area contributed by atoms with Crippen LogP contribution in [0, 0.1) is 0 Å². The number of piperazine rings is 1. The molecule has 0 spiro atoms. The minimum atomic E-state index is -0.375. The van der Waals surface area contributed by atoms with Gasteiger partial charge < -0.3 is 55.5 Å². The molecule has 0 radical (unpaired) electrons. The fraction of sp³-hybridized carbons (Fsp3) is 0.491. The van der Waals surface area contributed by atoms with E-state index in [9.17, 15) is 19.2 Å². The molecule has 378 valence electrons. The van der Waals surface area contributed by atoms with Crippen molar-refractivity contribution in [2.24, 2.45) is 0 Å². The molecule has 1 aliphatic heterocycles. The number of fused-ring (bicyclic) bond motifs is 1. The van der Waals surface area contributed by atoms with Gasteiger partial charge in [-0.1, -0.05) is 30.3 Å². The van der Waals surface area contributed by atoms with Gasteiger partial charge in [-0.3, -0.25) is 24.3 Å². The topological polar surface area (TPSA) is 182 Å². The van der Waals surface area contributed by atoms with E-state index >= 15 is 0 Å². The second-order valence-electron chi connectivity index (χ2n) is 17.6. The van der Waals surface area contributed by atoms with Crippen LogP contribution < -0.4 is 31.5 Å². The van der Waals surface area contributed by atoms with Gasteiger partial charge in [0.25, 0.3) is 17.7 Å². The summed E-state index contributed by atoms with van der Waals surface area (Å²) in [5, 5.41) is 15.3. The highest BCUT2D eigenvalue weighted by Gasteiger charge is 2.23. The number of hydrogen-bond acceptors (Lipinski definition) is 12. The molecule has 5 amide bonds. The summed E-state index contributed by atoms with van der Waals surface area (Å²) in [5.74, 6) is -0.750. The van der Waals surface area contributed by atoms with Crippen LogP contribution in [0.1, 0.15) is 74.9 Å². The van der Waals surface area contributed by atoms with E-state index in [1.165, 1.54) is 5.56 Å². The van der Waals surface area contributed by atoms with Gasteiger partial charge in [-0.15, -0.1) is 0 Å². The summed E-state index contributed by atoms with van der Waals surface area (Å²) in [7, 11) is 3.73. The molecular weight excluding hydrogens is 889 g/mol. The molecule has 1 atom stereocenters. The molecule has 1 unspecified atom stereocenters. The number of carbonyl (C=O) groups excluding carboxylic acids is 4. The van der Waals surface area contributed by atoms with E-state index in [2.05, 4.69) is 72.2 Å². The van der Waals surface area contributed by atoms with Crippen LogP contribution in [-0.2, 0) is 20.6 Å². The van der Waals surface area contributed by atoms with Gasteiger partial charge in [0, 0.05) is 120 Å². The zero-order valence-electron chi connectivity index (χ0n) is 41.6. The number of pyridine rings is 1. The number of likely N-dealkylation sites (N-methyl/N-ethyl adjacent to an activating group) is 2. The summed E-state index contributed by atoms with van der Waals surface area (Å²) < 4.78 is 16.9. The molecular formula is C53H74N10O7. The number of amides is 5. The lowest BCUT2D eigenvalue weighted by molar-refractivity contribution is 0.0121. The summed E-state index contributed by atoms with van der Waals surface area (Å²) in [4.78, 5) is 66.2. The number of anilines is 2. The lowest BCUT2D eigenvalue weighted by atomic mass is 9.87. The maximum absolute atomic E-state index is 13.9. The Morgan fingerprint density at radius 3 is 2.24 bits per heavy atom. The molecule has 2 heterocycles. The van der Waals surface area contributed by atoms with Gasteiger partial charge in [0.2, 0.25) is 0 Å². The van der Waals surface area contributed by atoms with Crippen LogP contribution in [0.5, 0.6) is 0 Å². The first-order valence-electron chi connectivity index (χ1n) is 24.9. The zero-order valence-corrected chi connectivity index (χ0v) is 41.6. The van der Waals surface area contributed by atoms with Crippen molar-refractivity contribution in [2.45, 2.75) is 39.2 Å². The number of carbonyl (C=O) groups is 4. The van der Waals surface area contributed by atoms with Crippen molar-refractivity contribution in [1.29, 1.82) is 0 Å². The predicted molar refractivity (Wildman–Crippen MR) is 275 cm³/mol. The van der Waals surface area contributed by atoms with E-state index in [4.69, 9.17) is 14.2 Å². The number of nitrogens with zero attached hydrogens (tertiary/aromatic N) is 5. The summed E-state index contributed by atoms with van der Waals surface area (Å²) in [6, 6.07) is 24.1. The number of nitrogens with one attached hydrogen (secondary N) is 5. The first-order valence-corrected chi connectivity index (χ1v) is 24.9. The Morgan fingerprint density at radius 1 is 0.743 bits per heavy atom. The van der Waals surface area contributed by atoms with E-state index in [1.807, 2.05) is 37.4 Å². The van der Waals surface area contributed by atoms with Gasteiger partial charge in [-0.05, 0) is 99.8 Å². The molecule has 1 saturated heterocycles. The number of hydrogen-bond donors (Lipinski definition) is 5. The third kappa shape index (κ3) is 16.6. The highest BCUT2D eigenvalue weighted by molar-refractivity contribution is 6.08. The molecule has 5 N–H and O–H groups in total. The van der Waals surface area contributed by atoms with Gasteiger partial charge in [-0.25, -0.2) is 4.79 Å². The Bertz CT molecular complexity index is 2290. The molecule has 2 aliphatic rings. The number of ether oxygens (including phenoxy) is 3. The summed E-state index contributed by atoms with van der Waals surface area (Å²) >= 11 is 0. The van der Waals surface area contributed by atoms with Gasteiger partial charge in [0.1, 0.15) is 0 Å². The Kier molecular flexibility index (Phi) is 21.9. The van der Waals surface area contributed by atoms with E-state index < -0.39 is 0 Å². The average molecular weight is 963 g/mol. The van der Waals surface area contributed by atoms with Gasteiger partial charge in [0.05, 0.1) is 57.1 Å². The Balaban J connectivity index is 0.912. The average Bonchev–Trinajstić information content (AvgIpc) is 3.39. The third-order valence-corrected chi connectivity index (χ3v) is 12.7. The highest BCUT2D eigenvalue weighted by atomic mass is 16.5. The quantitative estimate of drug-likeness (QED) is 0.0511. The summed E-state index contributed by atoms with van der Waals surface area (Å²) in [6.45, 7) is 16.1. The highest BCUT2D eigenvalue weighted by Crippen LogP contribution is 2.33. The van der Waals surface area contributed by atoms with Crippen LogP contribution >= 0.6 is 0 Å². The molecule has 0 saturated carbocycles. The molecule has 1 aromatic heterocycles. The molecule has 0 bridgehead atoms. The molecule has 3 aromatic carbocycles. The van der Waals surface area contributed by atoms with Crippen molar-refractivity contribution in [1.82, 2.24) is 41.0 Å². The van der Waals surface area contributed by atoms with Crippen LogP contribution in [0.4, 0.5) is 16.2 Å². The first kappa shape index (κ1) is 53.4. The second kappa shape index (κ2) is 28.6. The number of aryl methyl sites for hydroxylation is 1. The van der Waals surface area contributed by atoms with E-state index in [0.29, 0.717) is 106 Å². The van der Waals surface area contributed by atoms with Crippen molar-refractivity contribution < 1.29 is 33.4 Å². The van der Waals surface area contributed by atoms with Crippen LogP contribution in [0.3, 0.4) is 0 Å². The maximum Gasteiger partial charge on any atom is 0.314 e. The standard InChI is InChI=1S/C53H74N10O7/c1-5-63(6-2)44-17-18-48(46(39-44)49-38-42(19-20-55-49)51(65)58-47-16-10-12-40-11-7-8-15-45(40)47)59-50(64)41-13-9-14-43(37-41)52(66)61(4)29-28-60(3)30-32-69-34-36-70-35-33-68-31-24-57-53(67)56-23-27-62-25-21-54-22-26-62/h7-9,11,13-15,17-20,37-39,47,54H,5-6,10,12,16,21-36H2,1-4H3,(H,58,65)(H,59,64)(H2,56,57,67). The molecule has 6 rings (SSSR count). The van der Waals surface area contributed by atoms with Crippen LogP contribution in [0.25, 0.3) is 11.3 Å². The van der Waals surface area contributed by atoms with Gasteiger partial charge >= 0.3 is 6.03 Å².